The fourth-order valence-electron chi connectivity index (χ4n) is 0.385. The maximum absolute atomic E-state index is 3.36. The molecule has 0 aliphatic heterocycles. The molecule has 0 unspecified atom stereocenters. The highest BCUT2D eigenvalue weighted by Gasteiger charge is 1.57. The lowest BCUT2D eigenvalue weighted by Crippen LogP contribution is -1.47. The van der Waals surface area contributed by atoms with Gasteiger partial charge in [-0.1, -0.05) is 56.3 Å². The van der Waals surface area contributed by atoms with Crippen molar-refractivity contribution >= 4 is 0 Å². The topological polar surface area (TPSA) is 0 Å². The van der Waals surface area contributed by atoms with Gasteiger partial charge >= 0.3 is 0 Å². The minimum absolute atomic E-state index is 1.75. The van der Waals surface area contributed by atoms with E-state index in [1.54, 1.807) is 6.08 Å². The van der Waals surface area contributed by atoms with E-state index in [0.29, 0.717) is 0 Å². The predicted molar refractivity (Wildman–Crippen MR) is 64.9 cm³/mol. The molecule has 1 aromatic rings. The van der Waals surface area contributed by atoms with Crippen molar-refractivity contribution in [1.82, 2.24) is 0 Å². The molecule has 0 aliphatic rings. The predicted octanol–water partition coefficient (Wildman–Crippen LogP) is 4.71. The SMILES string of the molecule is C=C.C=CC.CC.c1ccccc1. The van der Waals surface area contributed by atoms with E-state index >= 15 is 0 Å². The molecule has 0 aromatic heterocycles. The fourth-order valence-corrected chi connectivity index (χ4v) is 0.385. The third-order valence-electron chi connectivity index (χ3n) is 0.667. The van der Waals surface area contributed by atoms with Crippen LogP contribution in [0.5, 0.6) is 0 Å². The Morgan fingerprint density at radius 2 is 0.846 bits per heavy atom. The Balaban J connectivity index is -0.000000124. The first-order chi connectivity index (χ1) is 6.41. The van der Waals surface area contributed by atoms with Crippen LogP contribution in [0.25, 0.3) is 0 Å². The second-order valence-corrected chi connectivity index (χ2v) is 1.56. The molecule has 0 heteroatoms. The number of hydrogen-bond donors (Lipinski definition) is 0. The van der Waals surface area contributed by atoms with Crippen molar-refractivity contribution in [2.45, 2.75) is 20.8 Å². The van der Waals surface area contributed by atoms with Crippen molar-refractivity contribution in [1.29, 1.82) is 0 Å². The maximum Gasteiger partial charge on any atom is -0.0473 e. The average Bonchev–Trinajstić information content (AvgIpc) is 2.27. The second-order valence-electron chi connectivity index (χ2n) is 1.56. The Labute approximate surface area is 83.6 Å². The highest BCUT2D eigenvalue weighted by atomic mass is 13.6. The molecule has 0 atom stereocenters. The van der Waals surface area contributed by atoms with E-state index in [0.717, 1.165) is 0 Å². The molecule has 0 bridgehead atoms. The smallest absolute Gasteiger partial charge is 0.0473 e. The van der Waals surface area contributed by atoms with Gasteiger partial charge in [0.15, 0.2) is 0 Å². The maximum atomic E-state index is 3.36. The van der Waals surface area contributed by atoms with Crippen LogP contribution in [0.2, 0.25) is 0 Å². The van der Waals surface area contributed by atoms with E-state index in [-0.39, 0.29) is 0 Å². The zero-order valence-electron chi connectivity index (χ0n) is 9.16. The lowest BCUT2D eigenvalue weighted by atomic mass is 10.4. The van der Waals surface area contributed by atoms with Crippen molar-refractivity contribution in [2.75, 3.05) is 0 Å². The first-order valence-electron chi connectivity index (χ1n) is 4.49. The van der Waals surface area contributed by atoms with Crippen LogP contribution >= 0.6 is 0 Å². The van der Waals surface area contributed by atoms with Crippen molar-refractivity contribution in [2.24, 2.45) is 0 Å². The van der Waals surface area contributed by atoms with Gasteiger partial charge in [0, 0.05) is 0 Å². The Kier molecular flexibility index (Phi) is 42.2. The lowest BCUT2D eigenvalue weighted by molar-refractivity contribution is 1.50. The summed E-state index contributed by atoms with van der Waals surface area (Å²) in [6, 6.07) is 12.0. The molecule has 1 rings (SSSR count). The van der Waals surface area contributed by atoms with Crippen molar-refractivity contribution in [3.05, 3.63) is 62.2 Å². The van der Waals surface area contributed by atoms with Crippen molar-refractivity contribution in [3.63, 3.8) is 0 Å². The van der Waals surface area contributed by atoms with E-state index in [1.807, 2.05) is 57.2 Å². The molecule has 0 nitrogen and oxygen atoms in total. The van der Waals surface area contributed by atoms with E-state index in [2.05, 4.69) is 19.7 Å². The summed E-state index contributed by atoms with van der Waals surface area (Å²) >= 11 is 0. The highest BCUT2D eigenvalue weighted by molar-refractivity contribution is 4.99. The van der Waals surface area contributed by atoms with E-state index in [1.165, 1.54) is 0 Å². The Morgan fingerprint density at radius 3 is 0.923 bits per heavy atom. The number of rotatable bonds is 0. The summed E-state index contributed by atoms with van der Waals surface area (Å²) in [6.07, 6.45) is 1.75. The van der Waals surface area contributed by atoms with Gasteiger partial charge in [0.05, 0.1) is 0 Å². The molecular formula is C13H22. The monoisotopic (exact) mass is 178 g/mol. The first kappa shape index (κ1) is 17.7. The summed E-state index contributed by atoms with van der Waals surface area (Å²) in [7, 11) is 0. The van der Waals surface area contributed by atoms with Gasteiger partial charge in [-0.15, -0.1) is 19.7 Å². The molecule has 0 fully saturated rings. The zero-order chi connectivity index (χ0) is 10.9. The Bertz CT molecular complexity index is 115. The Morgan fingerprint density at radius 1 is 0.769 bits per heavy atom. The summed E-state index contributed by atoms with van der Waals surface area (Å²) in [5.41, 5.74) is 0. The van der Waals surface area contributed by atoms with Gasteiger partial charge < -0.3 is 0 Å². The Hall–Kier alpha value is -1.30. The molecule has 0 saturated carbocycles. The zero-order valence-corrected chi connectivity index (χ0v) is 9.16. The summed E-state index contributed by atoms with van der Waals surface area (Å²) in [5, 5.41) is 0. The van der Waals surface area contributed by atoms with Crippen LogP contribution in [0.1, 0.15) is 20.8 Å². The third-order valence-corrected chi connectivity index (χ3v) is 0.667. The van der Waals surface area contributed by atoms with Crippen molar-refractivity contribution < 1.29 is 0 Å². The number of hydrogen-bond acceptors (Lipinski definition) is 0. The molecule has 0 N–H and O–H groups in total. The number of benzene rings is 1. The summed E-state index contributed by atoms with van der Waals surface area (Å²) in [5.74, 6) is 0. The molecule has 0 radical (unpaired) electrons. The molecule has 0 heterocycles. The van der Waals surface area contributed by atoms with Crippen LogP contribution in [-0.4, -0.2) is 0 Å². The van der Waals surface area contributed by atoms with Crippen LogP contribution in [0.15, 0.2) is 62.2 Å². The lowest BCUT2D eigenvalue weighted by Gasteiger charge is -1.69. The van der Waals surface area contributed by atoms with Gasteiger partial charge in [0.1, 0.15) is 0 Å². The molecule has 0 spiro atoms. The van der Waals surface area contributed by atoms with Gasteiger partial charge in [-0.05, 0) is 6.92 Å². The van der Waals surface area contributed by atoms with Crippen LogP contribution in [-0.2, 0) is 0 Å². The largest absolute Gasteiger partial charge is 0.106 e. The van der Waals surface area contributed by atoms with E-state index in [9.17, 15) is 0 Å². The standard InChI is InChI=1S/C6H6.C3H6.C2H6.C2H4/c1-2-4-6-5-3-1;1-3-2;2*1-2/h1-6H;3H,1H2,2H3;1-2H3;1-2H2. The highest BCUT2D eigenvalue weighted by Crippen LogP contribution is 1.79. The normalized spacial score (nSPS) is 5.46. The molecule has 1 aromatic carbocycles. The minimum atomic E-state index is 1.75. The molecule has 0 saturated heterocycles. The van der Waals surface area contributed by atoms with Crippen LogP contribution in [0, 0.1) is 0 Å². The minimum Gasteiger partial charge on any atom is -0.106 e. The van der Waals surface area contributed by atoms with Gasteiger partial charge in [0.25, 0.3) is 0 Å². The van der Waals surface area contributed by atoms with Gasteiger partial charge in [-0.2, -0.15) is 0 Å². The van der Waals surface area contributed by atoms with Gasteiger partial charge in [0.2, 0.25) is 0 Å². The molecule has 74 valence electrons. The van der Waals surface area contributed by atoms with Crippen LogP contribution < -0.4 is 0 Å². The molecule has 13 heavy (non-hydrogen) atoms. The van der Waals surface area contributed by atoms with E-state index < -0.39 is 0 Å². The van der Waals surface area contributed by atoms with Crippen molar-refractivity contribution in [3.8, 4) is 0 Å². The average molecular weight is 178 g/mol. The number of allylic oxidation sites excluding steroid dienone is 1. The summed E-state index contributed by atoms with van der Waals surface area (Å²) < 4.78 is 0. The first-order valence-corrected chi connectivity index (χ1v) is 4.49. The van der Waals surface area contributed by atoms with Crippen LogP contribution in [0.3, 0.4) is 0 Å². The molecular weight excluding hydrogens is 156 g/mol. The molecule has 0 aliphatic carbocycles. The van der Waals surface area contributed by atoms with Crippen LogP contribution in [0.4, 0.5) is 0 Å². The van der Waals surface area contributed by atoms with Gasteiger partial charge in [-0.3, -0.25) is 0 Å². The third kappa shape index (κ3) is 36.7. The molecule has 0 amide bonds. The van der Waals surface area contributed by atoms with E-state index in [4.69, 9.17) is 0 Å². The summed E-state index contributed by atoms with van der Waals surface area (Å²) in [4.78, 5) is 0. The fraction of sp³-hybridized carbons (Fsp3) is 0.231. The summed E-state index contributed by atoms with van der Waals surface area (Å²) in [6.45, 7) is 15.2. The second kappa shape index (κ2) is 31.0. The quantitative estimate of drug-likeness (QED) is 0.505. The van der Waals surface area contributed by atoms with Gasteiger partial charge in [-0.25, -0.2) is 0 Å².